The van der Waals surface area contributed by atoms with E-state index < -0.39 is 86.8 Å². The number of allylic oxidation sites excluding steroid dienone is 15. The molecule has 0 aromatic carbocycles. The van der Waals surface area contributed by atoms with E-state index in [1.165, 1.54) is 19.3 Å². The van der Waals surface area contributed by atoms with Crippen LogP contribution in [0.4, 0.5) is 0 Å². The van der Waals surface area contributed by atoms with Crippen LogP contribution in [0.5, 0.6) is 0 Å². The molecular weight excluding hydrogens is 883 g/mol. The van der Waals surface area contributed by atoms with E-state index in [1.54, 1.807) is 6.08 Å². The van der Waals surface area contributed by atoms with Crippen molar-refractivity contribution in [2.24, 2.45) is 0 Å². The predicted molar refractivity (Wildman–Crippen MR) is 272 cm³/mol. The van der Waals surface area contributed by atoms with Gasteiger partial charge in [-0.25, -0.2) is 0 Å². The number of ether oxygens (including phenoxy) is 4. The molecule has 2 aliphatic heterocycles. The lowest BCUT2D eigenvalue weighted by molar-refractivity contribution is -0.359. The summed E-state index contributed by atoms with van der Waals surface area (Å²) in [6.45, 7) is 2.58. The Labute approximate surface area is 413 Å². The molecule has 0 saturated carbocycles. The maximum atomic E-state index is 13.1. The van der Waals surface area contributed by atoms with Crippen LogP contribution in [-0.2, 0) is 23.7 Å². The Hall–Kier alpha value is -3.09. The molecule has 0 bridgehead atoms. The van der Waals surface area contributed by atoms with Crippen LogP contribution in [0.15, 0.2) is 97.2 Å². The van der Waals surface area contributed by atoms with Gasteiger partial charge in [-0.2, -0.15) is 0 Å². The highest BCUT2D eigenvalue weighted by molar-refractivity contribution is 5.76. The minimum Gasteiger partial charge on any atom is -0.394 e. The van der Waals surface area contributed by atoms with Gasteiger partial charge in [0.25, 0.3) is 0 Å². The molecule has 12 atom stereocenters. The van der Waals surface area contributed by atoms with Gasteiger partial charge in [-0.3, -0.25) is 4.79 Å². The van der Waals surface area contributed by atoms with Gasteiger partial charge in [0.05, 0.1) is 32.0 Å². The highest BCUT2D eigenvalue weighted by Crippen LogP contribution is 2.30. The zero-order valence-corrected chi connectivity index (χ0v) is 41.8. The van der Waals surface area contributed by atoms with Crippen molar-refractivity contribution < 1.29 is 64.6 Å². The lowest BCUT2D eigenvalue weighted by atomic mass is 9.97. The van der Waals surface area contributed by atoms with Gasteiger partial charge in [-0.1, -0.05) is 162 Å². The Kier molecular flexibility index (Phi) is 36.4. The first-order chi connectivity index (χ1) is 33.6. The molecule has 69 heavy (non-hydrogen) atoms. The fourth-order valence-corrected chi connectivity index (χ4v) is 7.80. The largest absolute Gasteiger partial charge is 0.394 e. The molecule has 0 spiro atoms. The van der Waals surface area contributed by atoms with E-state index >= 15 is 0 Å². The van der Waals surface area contributed by atoms with Gasteiger partial charge >= 0.3 is 0 Å². The van der Waals surface area contributed by atoms with E-state index in [0.29, 0.717) is 6.42 Å². The molecule has 14 heteroatoms. The number of rotatable bonds is 38. The number of hydrogen-bond donors (Lipinski definition) is 9. The van der Waals surface area contributed by atoms with Gasteiger partial charge in [0.1, 0.15) is 48.8 Å². The Bertz CT molecular complexity index is 1520. The average molecular weight is 974 g/mol. The van der Waals surface area contributed by atoms with E-state index in [4.69, 9.17) is 18.9 Å². The minimum atomic E-state index is -1.79. The van der Waals surface area contributed by atoms with Crippen molar-refractivity contribution in [2.75, 3.05) is 19.8 Å². The highest BCUT2D eigenvalue weighted by atomic mass is 16.7. The van der Waals surface area contributed by atoms with Gasteiger partial charge in [0.15, 0.2) is 12.6 Å². The second-order valence-corrected chi connectivity index (χ2v) is 17.9. The minimum absolute atomic E-state index is 0.251. The maximum Gasteiger partial charge on any atom is 0.220 e. The van der Waals surface area contributed by atoms with E-state index in [2.05, 4.69) is 104 Å². The molecule has 2 aliphatic rings. The normalized spacial score (nSPS) is 27.0. The number of carbonyl (C=O) groups is 1. The van der Waals surface area contributed by atoms with E-state index in [9.17, 15) is 45.6 Å². The van der Waals surface area contributed by atoms with Crippen molar-refractivity contribution in [1.82, 2.24) is 5.32 Å². The average Bonchev–Trinajstić information content (AvgIpc) is 3.35. The maximum absolute atomic E-state index is 13.1. The standard InChI is InChI=1S/C55H91NO13/c1-3-5-7-9-11-13-14-15-16-17-18-19-20-21-22-23-24-25-26-27-28-29-30-31-33-35-37-39-47(60)56-43(44(59)38-36-34-32-12-10-8-6-4-2)42-66-54-52(65)50(63)53(46(41-58)68-54)69-55-51(64)49(62)48(61)45(40-57)67-55/h5,7,11,13,15-16,18-19,21-22,24-25,27-28,36,38,43-46,48-55,57-59,61-65H,3-4,6,8-10,12,14,17,20,23,26,29-35,37,39-42H2,1-2H3,(H,56,60)/b7-5-,13-11-,16-15-,19-18-,22-21-,25-24-,28-27-,38-36+. The van der Waals surface area contributed by atoms with Gasteiger partial charge in [0, 0.05) is 6.42 Å². The molecule has 0 aromatic heterocycles. The van der Waals surface area contributed by atoms with Crippen LogP contribution < -0.4 is 5.32 Å². The third-order valence-corrected chi connectivity index (χ3v) is 12.0. The fraction of sp³-hybridized carbons (Fsp3) is 0.691. The summed E-state index contributed by atoms with van der Waals surface area (Å²) in [6.07, 6.45) is 37.6. The summed E-state index contributed by atoms with van der Waals surface area (Å²) in [5.74, 6) is -0.268. The van der Waals surface area contributed by atoms with Crippen LogP contribution in [0.1, 0.15) is 149 Å². The molecule has 0 aromatic rings. The number of unbranched alkanes of at least 4 members (excludes halogenated alkanes) is 11. The van der Waals surface area contributed by atoms with E-state index in [1.807, 2.05) is 6.08 Å². The van der Waals surface area contributed by atoms with Gasteiger partial charge in [-0.05, 0) is 77.0 Å². The van der Waals surface area contributed by atoms with Crippen molar-refractivity contribution in [3.05, 3.63) is 97.2 Å². The number of carbonyl (C=O) groups excluding carboxylic acids is 1. The summed E-state index contributed by atoms with van der Waals surface area (Å²) in [5.41, 5.74) is 0. The first-order valence-corrected chi connectivity index (χ1v) is 26.0. The fourth-order valence-electron chi connectivity index (χ4n) is 7.80. The lowest BCUT2D eigenvalue weighted by Gasteiger charge is -2.46. The summed E-state index contributed by atoms with van der Waals surface area (Å²) in [6, 6.07) is -0.929. The van der Waals surface area contributed by atoms with Gasteiger partial charge in [0.2, 0.25) is 5.91 Å². The molecule has 12 unspecified atom stereocenters. The van der Waals surface area contributed by atoms with Crippen LogP contribution in [0.25, 0.3) is 0 Å². The molecule has 0 aliphatic carbocycles. The van der Waals surface area contributed by atoms with Crippen molar-refractivity contribution in [2.45, 2.75) is 222 Å². The molecule has 2 heterocycles. The molecule has 9 N–H and O–H groups in total. The summed E-state index contributed by atoms with van der Waals surface area (Å²) in [4.78, 5) is 13.1. The summed E-state index contributed by atoms with van der Waals surface area (Å²) >= 11 is 0. The Morgan fingerprint density at radius 3 is 1.54 bits per heavy atom. The first kappa shape index (κ1) is 62.0. The lowest BCUT2D eigenvalue weighted by Crippen LogP contribution is -2.65. The second kappa shape index (κ2) is 40.5. The topological polar surface area (TPSA) is 228 Å². The summed E-state index contributed by atoms with van der Waals surface area (Å²) in [7, 11) is 0. The Morgan fingerprint density at radius 1 is 0.536 bits per heavy atom. The highest BCUT2D eigenvalue weighted by Gasteiger charge is 2.51. The number of nitrogens with one attached hydrogen (secondary N) is 1. The van der Waals surface area contributed by atoms with Crippen molar-refractivity contribution >= 4 is 5.91 Å². The number of aliphatic hydroxyl groups is 8. The molecule has 0 radical (unpaired) electrons. The molecule has 2 rings (SSSR count). The number of amides is 1. The van der Waals surface area contributed by atoms with Crippen LogP contribution in [0.2, 0.25) is 0 Å². The zero-order valence-electron chi connectivity index (χ0n) is 41.8. The van der Waals surface area contributed by atoms with E-state index in [-0.39, 0.29) is 18.9 Å². The van der Waals surface area contributed by atoms with Crippen LogP contribution >= 0.6 is 0 Å². The zero-order chi connectivity index (χ0) is 50.3. The molecule has 2 fully saturated rings. The monoisotopic (exact) mass is 974 g/mol. The predicted octanol–water partition coefficient (Wildman–Crippen LogP) is 7.15. The molecule has 14 nitrogen and oxygen atoms in total. The van der Waals surface area contributed by atoms with E-state index in [0.717, 1.165) is 103 Å². The second-order valence-electron chi connectivity index (χ2n) is 17.9. The number of hydrogen-bond acceptors (Lipinski definition) is 13. The molecule has 2 saturated heterocycles. The van der Waals surface area contributed by atoms with Crippen molar-refractivity contribution in [1.29, 1.82) is 0 Å². The van der Waals surface area contributed by atoms with Gasteiger partial charge in [-0.15, -0.1) is 0 Å². The molecular formula is C55H91NO13. The SMILES string of the molecule is CC/C=C\C/C=C\C/C=C\C/C=C\C/C=C\C/C=C\C/C=C\CCCCCCCC(=O)NC(COC1OC(CO)C(OC2OC(CO)C(O)C(O)C2O)C(O)C1O)C(O)/C=C/CCCCCCCC. The van der Waals surface area contributed by atoms with Gasteiger partial charge < -0.3 is 65.1 Å². The first-order valence-electron chi connectivity index (χ1n) is 26.0. The van der Waals surface area contributed by atoms with Crippen LogP contribution in [0.3, 0.4) is 0 Å². The molecule has 394 valence electrons. The summed E-state index contributed by atoms with van der Waals surface area (Å²) in [5, 5.41) is 86.5. The quantitative estimate of drug-likeness (QED) is 0.0222. The third-order valence-electron chi connectivity index (χ3n) is 12.0. The smallest absolute Gasteiger partial charge is 0.220 e. The van der Waals surface area contributed by atoms with Crippen molar-refractivity contribution in [3.63, 3.8) is 0 Å². The molecule has 1 amide bonds. The van der Waals surface area contributed by atoms with Crippen molar-refractivity contribution in [3.8, 4) is 0 Å². The van der Waals surface area contributed by atoms with Crippen LogP contribution in [0, 0.1) is 0 Å². The Morgan fingerprint density at radius 2 is 1.00 bits per heavy atom. The Balaban J connectivity index is 1.74. The summed E-state index contributed by atoms with van der Waals surface area (Å²) < 4.78 is 22.6. The third kappa shape index (κ3) is 27.4. The number of aliphatic hydroxyl groups excluding tert-OH is 8. The van der Waals surface area contributed by atoms with Crippen LogP contribution in [-0.4, -0.2) is 140 Å².